The summed E-state index contributed by atoms with van der Waals surface area (Å²) in [6, 6.07) is 2.63. The Morgan fingerprint density at radius 2 is 1.96 bits per heavy atom. The van der Waals surface area contributed by atoms with Crippen molar-refractivity contribution in [3.8, 4) is 0 Å². The largest absolute Gasteiger partial charge is 0.389 e. The lowest BCUT2D eigenvalue weighted by atomic mass is 9.94. The molecule has 0 radical (unpaired) electrons. The van der Waals surface area contributed by atoms with Crippen molar-refractivity contribution in [3.63, 3.8) is 0 Å². The van der Waals surface area contributed by atoms with E-state index in [0.29, 0.717) is 11.7 Å². The number of rotatable bonds is 5. The van der Waals surface area contributed by atoms with Crippen LogP contribution in [-0.4, -0.2) is 39.4 Å². The van der Waals surface area contributed by atoms with Gasteiger partial charge in [-0.2, -0.15) is 18.3 Å². The zero-order valence-electron chi connectivity index (χ0n) is 15.0. The zero-order chi connectivity index (χ0) is 18.6. The van der Waals surface area contributed by atoms with Crippen LogP contribution in [0.3, 0.4) is 0 Å². The predicted octanol–water partition coefficient (Wildman–Crippen LogP) is 3.38. The monoisotopic (exact) mass is 372 g/mol. The highest BCUT2D eigenvalue weighted by Crippen LogP contribution is 2.26. The fourth-order valence-electron chi connectivity index (χ4n) is 3.92. The summed E-state index contributed by atoms with van der Waals surface area (Å²) >= 11 is 0. The van der Waals surface area contributed by atoms with Crippen LogP contribution in [0.25, 0.3) is 0 Å². The third-order valence-electron chi connectivity index (χ3n) is 5.29. The minimum atomic E-state index is -4.30. The van der Waals surface area contributed by atoms with E-state index in [1.54, 1.807) is 0 Å². The topological polar surface area (TPSA) is 50.2 Å². The number of alkyl halides is 3. The summed E-state index contributed by atoms with van der Waals surface area (Å²) in [5.41, 5.74) is 1.85. The maximum Gasteiger partial charge on any atom is 0.389 e. The van der Waals surface area contributed by atoms with Crippen LogP contribution in [0.5, 0.6) is 0 Å². The first kappa shape index (κ1) is 19.2. The molecule has 1 N–H and O–H groups in total. The quantitative estimate of drug-likeness (QED) is 0.862. The fraction of sp³-hybridized carbons (Fsp3) is 0.778. The maximum absolute atomic E-state index is 12.2. The second-order valence-corrected chi connectivity index (χ2v) is 7.36. The van der Waals surface area contributed by atoms with E-state index in [9.17, 15) is 18.0 Å². The molecular weight excluding hydrogens is 345 g/mol. The van der Waals surface area contributed by atoms with E-state index in [1.165, 1.54) is 32.1 Å². The molecule has 1 amide bonds. The highest BCUT2D eigenvalue weighted by atomic mass is 19.4. The summed E-state index contributed by atoms with van der Waals surface area (Å²) in [5.74, 6) is -0.589. The van der Waals surface area contributed by atoms with Crippen molar-refractivity contribution in [1.29, 1.82) is 0 Å². The van der Waals surface area contributed by atoms with Gasteiger partial charge < -0.3 is 5.32 Å². The normalized spacial score (nSPS) is 19.8. The number of fused-ring (bicyclic) bond motifs is 1. The van der Waals surface area contributed by atoms with Gasteiger partial charge in [0, 0.05) is 32.1 Å². The van der Waals surface area contributed by atoms with Crippen molar-refractivity contribution >= 4 is 5.91 Å². The highest BCUT2D eigenvalue weighted by molar-refractivity contribution is 5.75. The smallest absolute Gasteiger partial charge is 0.350 e. The molecule has 1 aromatic heterocycles. The highest BCUT2D eigenvalue weighted by Gasteiger charge is 2.28. The number of hydrogen-bond acceptors (Lipinski definition) is 3. The number of carbonyl (C=O) groups is 1. The van der Waals surface area contributed by atoms with Crippen molar-refractivity contribution in [1.82, 2.24) is 20.0 Å². The van der Waals surface area contributed by atoms with Crippen molar-refractivity contribution in [2.45, 2.75) is 83.2 Å². The molecule has 0 spiro atoms. The van der Waals surface area contributed by atoms with E-state index in [1.807, 2.05) is 10.7 Å². The predicted molar refractivity (Wildman–Crippen MR) is 91.3 cm³/mol. The van der Waals surface area contributed by atoms with E-state index in [2.05, 4.69) is 15.3 Å². The van der Waals surface area contributed by atoms with Gasteiger partial charge in [0.15, 0.2) is 0 Å². The van der Waals surface area contributed by atoms with Crippen LogP contribution >= 0.6 is 0 Å². The third-order valence-corrected chi connectivity index (χ3v) is 5.29. The number of aryl methyl sites for hydroxylation is 1. The Kier molecular flexibility index (Phi) is 6.21. The minimum Gasteiger partial charge on any atom is -0.350 e. The van der Waals surface area contributed by atoms with Crippen LogP contribution in [0.2, 0.25) is 0 Å². The van der Waals surface area contributed by atoms with Gasteiger partial charge in [-0.1, -0.05) is 19.3 Å². The zero-order valence-corrected chi connectivity index (χ0v) is 15.0. The molecule has 0 aromatic carbocycles. The molecule has 26 heavy (non-hydrogen) atoms. The molecule has 1 aliphatic heterocycles. The van der Waals surface area contributed by atoms with Crippen LogP contribution in [0.15, 0.2) is 6.07 Å². The van der Waals surface area contributed by atoms with E-state index in [4.69, 9.17) is 0 Å². The van der Waals surface area contributed by atoms with E-state index in [0.717, 1.165) is 31.7 Å². The van der Waals surface area contributed by atoms with Crippen molar-refractivity contribution in [2.75, 3.05) is 6.54 Å². The number of amides is 1. The summed E-state index contributed by atoms with van der Waals surface area (Å²) in [6.07, 6.45) is 1.58. The summed E-state index contributed by atoms with van der Waals surface area (Å²) in [7, 11) is 0. The molecule has 0 bridgehead atoms. The molecule has 1 aromatic rings. The number of aromatic nitrogens is 2. The molecule has 1 fully saturated rings. The average molecular weight is 372 g/mol. The Morgan fingerprint density at radius 1 is 1.19 bits per heavy atom. The summed E-state index contributed by atoms with van der Waals surface area (Å²) < 4.78 is 38.5. The number of hydrogen-bond donors (Lipinski definition) is 1. The van der Waals surface area contributed by atoms with E-state index in [-0.39, 0.29) is 6.54 Å². The van der Waals surface area contributed by atoms with Crippen LogP contribution in [0, 0.1) is 0 Å². The van der Waals surface area contributed by atoms with Crippen molar-refractivity contribution in [2.24, 2.45) is 0 Å². The van der Waals surface area contributed by atoms with Gasteiger partial charge in [-0.15, -0.1) is 0 Å². The Morgan fingerprint density at radius 3 is 2.69 bits per heavy atom. The summed E-state index contributed by atoms with van der Waals surface area (Å²) in [4.78, 5) is 14.1. The van der Waals surface area contributed by atoms with Crippen LogP contribution < -0.4 is 5.32 Å². The van der Waals surface area contributed by atoms with Gasteiger partial charge in [0.25, 0.3) is 0 Å². The fourth-order valence-corrected chi connectivity index (χ4v) is 3.92. The number of carbonyl (C=O) groups excluding carboxylic acids is 1. The first-order valence-electron chi connectivity index (χ1n) is 9.54. The Bertz CT molecular complexity index is 608. The first-order chi connectivity index (χ1) is 12.4. The number of halogens is 3. The van der Waals surface area contributed by atoms with Crippen LogP contribution in [0.4, 0.5) is 13.2 Å². The van der Waals surface area contributed by atoms with Gasteiger partial charge in [-0.05, 0) is 25.3 Å². The van der Waals surface area contributed by atoms with Gasteiger partial charge in [-0.3, -0.25) is 14.4 Å². The lowest BCUT2D eigenvalue weighted by Gasteiger charge is -2.33. The third kappa shape index (κ3) is 5.46. The molecule has 146 valence electrons. The van der Waals surface area contributed by atoms with Gasteiger partial charge in [0.1, 0.15) is 0 Å². The second kappa shape index (κ2) is 8.41. The number of nitrogens with one attached hydrogen (secondary N) is 1. The Labute approximate surface area is 151 Å². The molecule has 2 aliphatic rings. The SMILES string of the molecule is O=C(CCC(F)(F)F)NCc1cc2n(n1)CCCN(C1CCCCC1)C2. The molecule has 0 unspecified atom stereocenters. The summed E-state index contributed by atoms with van der Waals surface area (Å²) in [6.45, 7) is 2.97. The van der Waals surface area contributed by atoms with Gasteiger partial charge in [0.2, 0.25) is 5.91 Å². The molecule has 1 aliphatic carbocycles. The number of nitrogens with zero attached hydrogens (tertiary/aromatic N) is 3. The van der Waals surface area contributed by atoms with E-state index < -0.39 is 24.9 Å². The molecule has 5 nitrogen and oxygen atoms in total. The van der Waals surface area contributed by atoms with Gasteiger partial charge >= 0.3 is 6.18 Å². The molecule has 1 saturated carbocycles. The molecule has 0 saturated heterocycles. The standard InChI is InChI=1S/C18H27F3N4O/c19-18(20,21)8-7-17(26)22-12-14-11-16-13-24(9-4-10-25(16)23-14)15-5-2-1-3-6-15/h11,15H,1-10,12-13H2,(H,22,26). The lowest BCUT2D eigenvalue weighted by Crippen LogP contribution is -2.36. The molecule has 0 atom stereocenters. The van der Waals surface area contributed by atoms with Crippen LogP contribution in [-0.2, 0) is 24.4 Å². The molecule has 3 rings (SSSR count). The second-order valence-electron chi connectivity index (χ2n) is 7.36. The molecular formula is C18H27F3N4O. The Balaban J connectivity index is 1.53. The van der Waals surface area contributed by atoms with Gasteiger partial charge in [0.05, 0.1) is 24.4 Å². The van der Waals surface area contributed by atoms with E-state index >= 15 is 0 Å². The minimum absolute atomic E-state index is 0.181. The average Bonchev–Trinajstić information content (AvgIpc) is 2.88. The maximum atomic E-state index is 12.2. The molecule has 2 heterocycles. The Hall–Kier alpha value is -1.57. The van der Waals surface area contributed by atoms with Crippen molar-refractivity contribution < 1.29 is 18.0 Å². The summed E-state index contributed by atoms with van der Waals surface area (Å²) in [5, 5.41) is 7.07. The lowest BCUT2D eigenvalue weighted by molar-refractivity contribution is -0.144. The van der Waals surface area contributed by atoms with Crippen molar-refractivity contribution in [3.05, 3.63) is 17.5 Å². The van der Waals surface area contributed by atoms with Gasteiger partial charge in [-0.25, -0.2) is 0 Å². The molecule has 8 heteroatoms. The van der Waals surface area contributed by atoms with Crippen LogP contribution in [0.1, 0.15) is 62.8 Å². The first-order valence-corrected chi connectivity index (χ1v) is 9.54.